The van der Waals surface area contributed by atoms with Crippen LogP contribution >= 0.6 is 0 Å². The van der Waals surface area contributed by atoms with Crippen molar-refractivity contribution in [1.29, 1.82) is 0 Å². The lowest BCUT2D eigenvalue weighted by molar-refractivity contribution is 0.340. The molecule has 4 N–H and O–H groups in total. The third-order valence-corrected chi connectivity index (χ3v) is 4.07. The lowest BCUT2D eigenvalue weighted by Gasteiger charge is -2.08. The number of aromatic amines is 1. The van der Waals surface area contributed by atoms with Gasteiger partial charge in [-0.3, -0.25) is 0 Å². The number of hydrogen-bond acceptors (Lipinski definition) is 5. The first kappa shape index (κ1) is 15.3. The number of anilines is 1. The van der Waals surface area contributed by atoms with Gasteiger partial charge in [0.25, 0.3) is 0 Å². The van der Waals surface area contributed by atoms with Gasteiger partial charge in [0.05, 0.1) is 5.75 Å². The van der Waals surface area contributed by atoms with E-state index in [9.17, 15) is 8.42 Å². The van der Waals surface area contributed by atoms with E-state index in [1.54, 1.807) is 36.7 Å². The fraction of sp³-hybridized carbons (Fsp3) is 0.308. The van der Waals surface area contributed by atoms with Crippen molar-refractivity contribution in [3.05, 3.63) is 42.5 Å². The quantitative estimate of drug-likeness (QED) is 0.616. The normalized spacial score (nSPS) is 11.4. The third-order valence-electron chi connectivity index (χ3n) is 2.72. The standard InChI is InChI=1S/C13H18N4O3S/c14-11-2-1-3-12(10-11)20-8-9-21(18,19)17-5-4-13-15-6-7-16-13/h1-3,6-7,10,17H,4-5,8-9,14H2,(H,15,16). The van der Waals surface area contributed by atoms with Gasteiger partial charge < -0.3 is 15.5 Å². The van der Waals surface area contributed by atoms with E-state index in [-0.39, 0.29) is 12.4 Å². The second kappa shape index (κ2) is 7.09. The number of hydrogen-bond donors (Lipinski definition) is 3. The molecular formula is C13H18N4O3S. The van der Waals surface area contributed by atoms with Crippen LogP contribution in [0.3, 0.4) is 0 Å². The highest BCUT2D eigenvalue weighted by atomic mass is 32.2. The number of nitrogens with zero attached hydrogens (tertiary/aromatic N) is 1. The van der Waals surface area contributed by atoms with Crippen LogP contribution in [0, 0.1) is 0 Å². The molecule has 2 aromatic rings. The summed E-state index contributed by atoms with van der Waals surface area (Å²) >= 11 is 0. The summed E-state index contributed by atoms with van der Waals surface area (Å²) in [6.07, 6.45) is 3.84. The van der Waals surface area contributed by atoms with Crippen molar-refractivity contribution in [2.45, 2.75) is 6.42 Å². The maximum atomic E-state index is 11.8. The maximum Gasteiger partial charge on any atom is 0.214 e. The molecule has 1 heterocycles. The molecule has 0 bridgehead atoms. The van der Waals surface area contributed by atoms with Gasteiger partial charge in [-0.05, 0) is 12.1 Å². The second-order valence-electron chi connectivity index (χ2n) is 4.42. The van der Waals surface area contributed by atoms with Crippen LogP contribution in [0.5, 0.6) is 5.75 Å². The SMILES string of the molecule is Nc1cccc(OCCS(=O)(=O)NCCc2ncc[nH]2)c1. The van der Waals surface area contributed by atoms with Crippen LogP contribution in [0.1, 0.15) is 5.82 Å². The van der Waals surface area contributed by atoms with Gasteiger partial charge in [-0.15, -0.1) is 0 Å². The minimum Gasteiger partial charge on any atom is -0.492 e. The van der Waals surface area contributed by atoms with Crippen molar-refractivity contribution in [2.75, 3.05) is 24.6 Å². The molecule has 21 heavy (non-hydrogen) atoms. The molecule has 2 rings (SSSR count). The van der Waals surface area contributed by atoms with Crippen LogP contribution in [-0.2, 0) is 16.4 Å². The molecule has 7 nitrogen and oxygen atoms in total. The van der Waals surface area contributed by atoms with Gasteiger partial charge in [0.1, 0.15) is 18.2 Å². The van der Waals surface area contributed by atoms with E-state index in [4.69, 9.17) is 10.5 Å². The van der Waals surface area contributed by atoms with E-state index < -0.39 is 10.0 Å². The molecule has 1 aromatic heterocycles. The first-order valence-corrected chi connectivity index (χ1v) is 8.14. The molecule has 0 radical (unpaired) electrons. The molecule has 0 saturated heterocycles. The Morgan fingerprint density at radius 2 is 2.24 bits per heavy atom. The van der Waals surface area contributed by atoms with E-state index in [1.165, 1.54) is 0 Å². The molecule has 0 aliphatic heterocycles. The maximum absolute atomic E-state index is 11.8. The van der Waals surface area contributed by atoms with Gasteiger partial charge in [-0.25, -0.2) is 18.1 Å². The van der Waals surface area contributed by atoms with E-state index in [0.717, 1.165) is 5.82 Å². The Labute approximate surface area is 123 Å². The first-order valence-electron chi connectivity index (χ1n) is 6.49. The number of H-pyrrole nitrogens is 1. The zero-order chi connectivity index (χ0) is 15.1. The minimum atomic E-state index is -3.36. The largest absolute Gasteiger partial charge is 0.492 e. The fourth-order valence-corrected chi connectivity index (χ4v) is 2.57. The summed E-state index contributed by atoms with van der Waals surface area (Å²) < 4.78 is 31.4. The number of aromatic nitrogens is 2. The lowest BCUT2D eigenvalue weighted by atomic mass is 10.3. The van der Waals surface area contributed by atoms with E-state index in [1.807, 2.05) is 0 Å². The molecule has 0 fully saturated rings. The van der Waals surface area contributed by atoms with Gasteiger partial charge in [-0.1, -0.05) is 6.07 Å². The number of rotatable bonds is 8. The molecule has 0 spiro atoms. The highest BCUT2D eigenvalue weighted by Gasteiger charge is 2.10. The smallest absolute Gasteiger partial charge is 0.214 e. The summed E-state index contributed by atoms with van der Waals surface area (Å²) in [5.74, 6) is 1.19. The molecule has 0 aliphatic carbocycles. The Bertz CT molecular complexity index is 656. The molecule has 0 unspecified atom stereocenters. The summed E-state index contributed by atoms with van der Waals surface area (Å²) in [6.45, 7) is 0.369. The summed E-state index contributed by atoms with van der Waals surface area (Å²) in [7, 11) is -3.36. The molecule has 1 aromatic carbocycles. The highest BCUT2D eigenvalue weighted by molar-refractivity contribution is 7.89. The zero-order valence-electron chi connectivity index (χ0n) is 11.5. The number of benzene rings is 1. The third kappa shape index (κ3) is 5.44. The van der Waals surface area contributed by atoms with Gasteiger partial charge in [0.2, 0.25) is 10.0 Å². The Hall–Kier alpha value is -2.06. The monoisotopic (exact) mass is 310 g/mol. The Morgan fingerprint density at radius 1 is 1.38 bits per heavy atom. The molecule has 0 aliphatic rings. The average molecular weight is 310 g/mol. The summed E-state index contributed by atoms with van der Waals surface area (Å²) in [6, 6.07) is 6.87. The summed E-state index contributed by atoms with van der Waals surface area (Å²) in [5, 5.41) is 0. The average Bonchev–Trinajstić information content (AvgIpc) is 2.91. The zero-order valence-corrected chi connectivity index (χ0v) is 12.3. The van der Waals surface area contributed by atoms with Crippen LogP contribution in [-0.4, -0.2) is 37.3 Å². The van der Waals surface area contributed by atoms with Crippen LogP contribution < -0.4 is 15.2 Å². The highest BCUT2D eigenvalue weighted by Crippen LogP contribution is 2.14. The van der Waals surface area contributed by atoms with Crippen molar-refractivity contribution in [1.82, 2.24) is 14.7 Å². The van der Waals surface area contributed by atoms with E-state index in [2.05, 4.69) is 14.7 Å². The fourth-order valence-electron chi connectivity index (χ4n) is 1.71. The van der Waals surface area contributed by atoms with Crippen molar-refractivity contribution in [2.24, 2.45) is 0 Å². The molecule has 114 valence electrons. The number of sulfonamides is 1. The van der Waals surface area contributed by atoms with Crippen LogP contribution in [0.15, 0.2) is 36.7 Å². The van der Waals surface area contributed by atoms with Crippen LogP contribution in [0.4, 0.5) is 5.69 Å². The van der Waals surface area contributed by atoms with Crippen molar-refractivity contribution < 1.29 is 13.2 Å². The molecule has 8 heteroatoms. The molecule has 0 saturated carbocycles. The van der Waals surface area contributed by atoms with Crippen molar-refractivity contribution in [3.8, 4) is 5.75 Å². The number of imidazole rings is 1. The summed E-state index contributed by atoms with van der Waals surface area (Å²) in [5.41, 5.74) is 6.18. The lowest BCUT2D eigenvalue weighted by Crippen LogP contribution is -2.30. The predicted molar refractivity (Wildman–Crippen MR) is 80.4 cm³/mol. The Morgan fingerprint density at radius 3 is 2.95 bits per heavy atom. The Balaban J connectivity index is 1.71. The van der Waals surface area contributed by atoms with Crippen LogP contribution in [0.25, 0.3) is 0 Å². The van der Waals surface area contributed by atoms with Gasteiger partial charge in [-0.2, -0.15) is 0 Å². The predicted octanol–water partition coefficient (Wildman–Crippen LogP) is 0.533. The van der Waals surface area contributed by atoms with E-state index >= 15 is 0 Å². The summed E-state index contributed by atoms with van der Waals surface area (Å²) in [4.78, 5) is 6.93. The second-order valence-corrected chi connectivity index (χ2v) is 6.35. The molecule has 0 atom stereocenters. The Kier molecular flexibility index (Phi) is 5.18. The van der Waals surface area contributed by atoms with Crippen LogP contribution in [0.2, 0.25) is 0 Å². The molecule has 0 amide bonds. The van der Waals surface area contributed by atoms with Gasteiger partial charge in [0, 0.05) is 37.1 Å². The first-order chi connectivity index (χ1) is 10.1. The molecular weight excluding hydrogens is 292 g/mol. The number of nitrogen functional groups attached to an aromatic ring is 1. The topological polar surface area (TPSA) is 110 Å². The van der Waals surface area contributed by atoms with E-state index in [0.29, 0.717) is 24.4 Å². The number of ether oxygens (including phenoxy) is 1. The van der Waals surface area contributed by atoms with Gasteiger partial charge >= 0.3 is 0 Å². The van der Waals surface area contributed by atoms with Crippen molar-refractivity contribution >= 4 is 15.7 Å². The van der Waals surface area contributed by atoms with Gasteiger partial charge in [0.15, 0.2) is 0 Å². The van der Waals surface area contributed by atoms with Crippen molar-refractivity contribution in [3.63, 3.8) is 0 Å². The number of nitrogens with two attached hydrogens (primary N) is 1. The number of nitrogens with one attached hydrogen (secondary N) is 2. The minimum absolute atomic E-state index is 0.0690.